The van der Waals surface area contributed by atoms with Crippen LogP contribution in [0, 0.1) is 0 Å². The van der Waals surface area contributed by atoms with Crippen LogP contribution in [0.25, 0.3) is 0 Å². The molecule has 13 nitrogen and oxygen atoms in total. The fourth-order valence-electron chi connectivity index (χ4n) is 3.44. The second-order valence-corrected chi connectivity index (χ2v) is 9.59. The zero-order valence-electron chi connectivity index (χ0n) is 27.4. The van der Waals surface area contributed by atoms with Gasteiger partial charge in [-0.1, -0.05) is 39.0 Å². The molecule has 0 bridgehead atoms. The minimum absolute atomic E-state index is 0.146. The van der Waals surface area contributed by atoms with Gasteiger partial charge >= 0.3 is 11.9 Å². The molecule has 0 heterocycles. The number of hydrogen-bond donors (Lipinski definition) is 0. The minimum atomic E-state index is -0.313. The quantitative estimate of drug-likeness (QED) is 0.0728. The van der Waals surface area contributed by atoms with Gasteiger partial charge in [-0.3, -0.25) is 9.59 Å². The molecule has 0 aliphatic rings. The fraction of sp³-hybridized carbons (Fsp3) is 0.935. The van der Waals surface area contributed by atoms with Crippen LogP contribution >= 0.6 is 0 Å². The molecule has 0 rings (SSSR count). The smallest absolute Gasteiger partial charge is 0.305 e. The molecule has 0 amide bonds. The molecule has 0 atom stereocenters. The molecule has 262 valence electrons. The van der Waals surface area contributed by atoms with Crippen molar-refractivity contribution in [1.82, 2.24) is 0 Å². The Hall–Kier alpha value is -1.42. The molecular formula is C31H60O13. The van der Waals surface area contributed by atoms with Gasteiger partial charge in [0.2, 0.25) is 0 Å². The van der Waals surface area contributed by atoms with E-state index in [1.54, 1.807) is 0 Å². The van der Waals surface area contributed by atoms with E-state index in [1.165, 1.54) is 32.6 Å². The third-order valence-corrected chi connectivity index (χ3v) is 5.73. The summed E-state index contributed by atoms with van der Waals surface area (Å²) in [5, 5.41) is 0. The van der Waals surface area contributed by atoms with Gasteiger partial charge in [-0.15, -0.1) is 0 Å². The zero-order chi connectivity index (χ0) is 32.0. The number of carbonyl (C=O) groups is 2. The SMILES string of the molecule is CCCCCCCCC(=O)OCCOCCOCCOCCOCCOCCOCCOCCOCCOCCOC(C)=O. The van der Waals surface area contributed by atoms with E-state index in [1.807, 2.05) is 0 Å². The first-order valence-corrected chi connectivity index (χ1v) is 16.2. The van der Waals surface area contributed by atoms with Gasteiger partial charge in [0.05, 0.1) is 119 Å². The van der Waals surface area contributed by atoms with E-state index >= 15 is 0 Å². The van der Waals surface area contributed by atoms with Crippen molar-refractivity contribution in [2.75, 3.05) is 132 Å². The summed E-state index contributed by atoms with van der Waals surface area (Å²) in [6.07, 6.45) is 7.41. The summed E-state index contributed by atoms with van der Waals surface area (Å²) in [7, 11) is 0. The maximum Gasteiger partial charge on any atom is 0.305 e. The number of carbonyl (C=O) groups excluding carboxylic acids is 2. The van der Waals surface area contributed by atoms with E-state index in [2.05, 4.69) is 6.92 Å². The summed E-state index contributed by atoms with van der Waals surface area (Å²) < 4.78 is 58.6. The van der Waals surface area contributed by atoms with Crippen LogP contribution in [-0.2, 0) is 61.7 Å². The van der Waals surface area contributed by atoms with Crippen molar-refractivity contribution < 1.29 is 61.7 Å². The first-order valence-electron chi connectivity index (χ1n) is 16.2. The molecule has 0 aromatic heterocycles. The van der Waals surface area contributed by atoms with Crippen molar-refractivity contribution in [2.24, 2.45) is 0 Å². The van der Waals surface area contributed by atoms with Gasteiger partial charge < -0.3 is 52.1 Å². The van der Waals surface area contributed by atoms with Crippen LogP contribution in [0.3, 0.4) is 0 Å². The van der Waals surface area contributed by atoms with Crippen molar-refractivity contribution in [3.63, 3.8) is 0 Å². The Balaban J connectivity index is 3.10. The lowest BCUT2D eigenvalue weighted by atomic mass is 10.1. The molecule has 0 fully saturated rings. The van der Waals surface area contributed by atoms with Crippen LogP contribution in [0.4, 0.5) is 0 Å². The standard InChI is InChI=1S/C31H60O13/c1-3-4-5-6-7-8-9-31(33)44-29-27-42-25-23-40-21-19-38-17-15-36-13-11-34-10-12-35-14-16-37-18-20-39-22-24-41-26-28-43-30(2)32/h3-29H2,1-2H3. The molecule has 0 saturated heterocycles. The Morgan fingerprint density at radius 2 is 0.636 bits per heavy atom. The lowest BCUT2D eigenvalue weighted by Crippen LogP contribution is -2.15. The third-order valence-electron chi connectivity index (χ3n) is 5.73. The Labute approximate surface area is 264 Å². The number of esters is 2. The molecule has 0 unspecified atom stereocenters. The first kappa shape index (κ1) is 42.6. The molecule has 0 aromatic carbocycles. The highest BCUT2D eigenvalue weighted by Gasteiger charge is 2.02. The maximum absolute atomic E-state index is 11.6. The zero-order valence-corrected chi connectivity index (χ0v) is 27.4. The summed E-state index contributed by atoms with van der Waals surface area (Å²) in [4.78, 5) is 22.2. The maximum atomic E-state index is 11.6. The van der Waals surface area contributed by atoms with Gasteiger partial charge in [0.25, 0.3) is 0 Å². The highest BCUT2D eigenvalue weighted by Crippen LogP contribution is 2.07. The number of hydrogen-bond acceptors (Lipinski definition) is 13. The highest BCUT2D eigenvalue weighted by atomic mass is 16.6. The number of unbranched alkanes of at least 4 members (excludes halogenated alkanes) is 5. The lowest BCUT2D eigenvalue weighted by Gasteiger charge is -2.09. The predicted molar refractivity (Wildman–Crippen MR) is 163 cm³/mol. The van der Waals surface area contributed by atoms with Crippen LogP contribution in [0.5, 0.6) is 0 Å². The minimum Gasteiger partial charge on any atom is -0.463 e. The fourth-order valence-corrected chi connectivity index (χ4v) is 3.44. The van der Waals surface area contributed by atoms with E-state index in [0.29, 0.717) is 125 Å². The molecular weight excluding hydrogens is 580 g/mol. The molecule has 44 heavy (non-hydrogen) atoms. The topological polar surface area (TPSA) is 136 Å². The van der Waals surface area contributed by atoms with Crippen molar-refractivity contribution >= 4 is 11.9 Å². The summed E-state index contributed by atoms with van der Waals surface area (Å²) in [6.45, 7) is 12.5. The molecule has 0 saturated carbocycles. The van der Waals surface area contributed by atoms with E-state index < -0.39 is 0 Å². The summed E-state index contributed by atoms with van der Waals surface area (Å²) in [6, 6.07) is 0. The molecule has 0 aliphatic carbocycles. The van der Waals surface area contributed by atoms with E-state index in [-0.39, 0.29) is 25.2 Å². The summed E-state index contributed by atoms with van der Waals surface area (Å²) >= 11 is 0. The van der Waals surface area contributed by atoms with Gasteiger partial charge in [-0.05, 0) is 6.42 Å². The van der Waals surface area contributed by atoms with Crippen LogP contribution in [0.1, 0.15) is 58.8 Å². The van der Waals surface area contributed by atoms with Gasteiger partial charge in [0, 0.05) is 13.3 Å². The number of ether oxygens (including phenoxy) is 11. The molecule has 0 aliphatic heterocycles. The molecule has 0 N–H and O–H groups in total. The van der Waals surface area contributed by atoms with E-state index in [4.69, 9.17) is 52.1 Å². The predicted octanol–water partition coefficient (Wildman–Crippen LogP) is 2.99. The molecule has 13 heteroatoms. The van der Waals surface area contributed by atoms with Crippen LogP contribution in [0.2, 0.25) is 0 Å². The van der Waals surface area contributed by atoms with Crippen molar-refractivity contribution in [2.45, 2.75) is 58.8 Å². The summed E-state index contributed by atoms with van der Waals surface area (Å²) in [5.74, 6) is -0.459. The third kappa shape index (κ3) is 38.6. The largest absolute Gasteiger partial charge is 0.463 e. The van der Waals surface area contributed by atoms with Gasteiger partial charge in [0.15, 0.2) is 0 Å². The second-order valence-electron chi connectivity index (χ2n) is 9.59. The Morgan fingerprint density at radius 1 is 0.364 bits per heavy atom. The average Bonchev–Trinajstić information content (AvgIpc) is 3.01. The van der Waals surface area contributed by atoms with Crippen molar-refractivity contribution in [1.29, 1.82) is 0 Å². The molecule has 0 radical (unpaired) electrons. The van der Waals surface area contributed by atoms with Gasteiger partial charge in [-0.25, -0.2) is 0 Å². The Kier molecular flexibility index (Phi) is 36.5. The summed E-state index contributed by atoms with van der Waals surface area (Å²) in [5.41, 5.74) is 0. The van der Waals surface area contributed by atoms with Crippen molar-refractivity contribution in [3.05, 3.63) is 0 Å². The van der Waals surface area contributed by atoms with Gasteiger partial charge in [0.1, 0.15) is 13.2 Å². The van der Waals surface area contributed by atoms with Crippen LogP contribution in [-0.4, -0.2) is 144 Å². The van der Waals surface area contributed by atoms with Gasteiger partial charge in [-0.2, -0.15) is 0 Å². The second kappa shape index (κ2) is 37.8. The van der Waals surface area contributed by atoms with Crippen LogP contribution in [0.15, 0.2) is 0 Å². The average molecular weight is 641 g/mol. The highest BCUT2D eigenvalue weighted by molar-refractivity contribution is 5.69. The first-order chi connectivity index (χ1) is 21.7. The van der Waals surface area contributed by atoms with E-state index in [0.717, 1.165) is 12.8 Å². The van der Waals surface area contributed by atoms with Crippen LogP contribution < -0.4 is 0 Å². The number of rotatable bonds is 37. The van der Waals surface area contributed by atoms with E-state index in [9.17, 15) is 9.59 Å². The Morgan fingerprint density at radius 3 is 0.955 bits per heavy atom. The normalized spacial score (nSPS) is 11.2. The lowest BCUT2D eigenvalue weighted by molar-refractivity contribution is -0.145. The molecule has 0 spiro atoms. The molecule has 0 aromatic rings. The monoisotopic (exact) mass is 640 g/mol. The Bertz CT molecular complexity index is 595. The van der Waals surface area contributed by atoms with Crippen molar-refractivity contribution in [3.8, 4) is 0 Å².